The lowest BCUT2D eigenvalue weighted by Crippen LogP contribution is -2.48. The summed E-state index contributed by atoms with van der Waals surface area (Å²) in [5, 5.41) is 10.3. The van der Waals surface area contributed by atoms with Gasteiger partial charge in [0, 0.05) is 79.7 Å². The molecule has 5 fully saturated rings. The number of pyridine rings is 1. The first kappa shape index (κ1) is 43.7. The molecule has 5 aliphatic rings. The molecule has 12 nitrogen and oxygen atoms in total. The molecule has 4 aromatic rings. The largest absolute Gasteiger partial charge is 0.494 e. The minimum Gasteiger partial charge on any atom is -0.494 e. The van der Waals surface area contributed by atoms with Crippen LogP contribution >= 0.6 is 0 Å². The molecule has 1 aliphatic heterocycles. The minimum absolute atomic E-state index is 0.115. The third kappa shape index (κ3) is 10.3. The summed E-state index contributed by atoms with van der Waals surface area (Å²) in [6, 6.07) is 15.0. The van der Waals surface area contributed by atoms with E-state index in [4.69, 9.17) is 9.72 Å². The predicted octanol–water partition coefficient (Wildman–Crippen LogP) is 9.01. The monoisotopic (exact) mass is 845 g/mol. The van der Waals surface area contributed by atoms with Gasteiger partial charge in [-0.2, -0.15) is 4.98 Å². The van der Waals surface area contributed by atoms with Crippen molar-refractivity contribution in [3.05, 3.63) is 70.6 Å². The van der Waals surface area contributed by atoms with Gasteiger partial charge in [-0.05, 0) is 124 Å². The van der Waals surface area contributed by atoms with Crippen LogP contribution in [0.2, 0.25) is 0 Å². The molecule has 3 heterocycles. The van der Waals surface area contributed by atoms with E-state index in [1.54, 1.807) is 30.0 Å². The molecule has 4 bridgehead atoms. The Labute approximate surface area is 367 Å². The summed E-state index contributed by atoms with van der Waals surface area (Å²) >= 11 is 0. The topological polar surface area (TPSA) is 134 Å². The Bertz CT molecular complexity index is 2260. The maximum atomic E-state index is 13.5. The predicted molar refractivity (Wildman–Crippen MR) is 249 cm³/mol. The van der Waals surface area contributed by atoms with Crippen molar-refractivity contribution in [2.45, 2.75) is 111 Å². The molecule has 0 atom stereocenters. The van der Waals surface area contributed by atoms with Crippen LogP contribution in [0.5, 0.6) is 5.75 Å². The standard InChI is InChI=1S/C50H68N8O4/c1-34-23-45(60)58(40-14-12-13-38(27-40)53-47(61)49(2,3)4)46-41(34)33-52-48(55-46)54-42-16-15-39(28-43(42)62-5)57-21-19-56(20-22-57)18-11-9-7-6-8-10-17-51-44(59)32-50-29-35-24-36(30-50)26-37(25-35)31-50/h12-16,23,27-28,33,35-37H,6-11,17-22,24-26,29-32H2,1-5H3,(H,51,59)(H,53,61)(H,52,54,55). The van der Waals surface area contributed by atoms with Gasteiger partial charge in [0.1, 0.15) is 5.75 Å². The Balaban J connectivity index is 0.777. The number of nitrogens with zero attached hydrogens (tertiary/aromatic N) is 5. The Morgan fingerprint density at radius 3 is 2.24 bits per heavy atom. The fourth-order valence-corrected chi connectivity index (χ4v) is 11.2. The number of piperazine rings is 1. The second kappa shape index (κ2) is 18.8. The highest BCUT2D eigenvalue weighted by atomic mass is 16.5. The number of hydrogen-bond acceptors (Lipinski definition) is 9. The summed E-state index contributed by atoms with van der Waals surface area (Å²) in [5.74, 6) is 3.92. The van der Waals surface area contributed by atoms with E-state index in [9.17, 15) is 14.4 Å². The van der Waals surface area contributed by atoms with Crippen LogP contribution in [-0.4, -0.2) is 77.6 Å². The normalized spacial score (nSPS) is 22.2. The quantitative estimate of drug-likeness (QED) is 0.0891. The molecule has 0 unspecified atom stereocenters. The lowest BCUT2D eigenvalue weighted by molar-refractivity contribution is -0.129. The van der Waals surface area contributed by atoms with E-state index in [0.29, 0.717) is 40.0 Å². The number of aromatic nitrogens is 3. The van der Waals surface area contributed by atoms with Crippen LogP contribution in [0.4, 0.5) is 23.0 Å². The number of hydrogen-bond donors (Lipinski definition) is 3. The molecular formula is C50H68N8O4. The number of aryl methyl sites for hydroxylation is 1. The summed E-state index contributed by atoms with van der Waals surface area (Å²) in [7, 11) is 1.66. The number of fused-ring (bicyclic) bond motifs is 1. The van der Waals surface area contributed by atoms with Crippen molar-refractivity contribution >= 4 is 45.9 Å². The van der Waals surface area contributed by atoms with Gasteiger partial charge in [0.2, 0.25) is 17.8 Å². The molecule has 4 saturated carbocycles. The number of benzene rings is 2. The van der Waals surface area contributed by atoms with Crippen LogP contribution < -0.4 is 31.1 Å². The van der Waals surface area contributed by atoms with Crippen LogP contribution in [0.3, 0.4) is 0 Å². The van der Waals surface area contributed by atoms with Crippen molar-refractivity contribution in [1.82, 2.24) is 24.8 Å². The fourth-order valence-electron chi connectivity index (χ4n) is 11.2. The van der Waals surface area contributed by atoms with Crippen LogP contribution in [0.1, 0.15) is 110 Å². The number of methoxy groups -OCH3 is 1. The zero-order valence-electron chi connectivity index (χ0n) is 37.7. The Kier molecular flexibility index (Phi) is 13.2. The lowest BCUT2D eigenvalue weighted by atomic mass is 9.49. The summed E-state index contributed by atoms with van der Waals surface area (Å²) in [6.45, 7) is 13.4. The van der Waals surface area contributed by atoms with Crippen molar-refractivity contribution in [1.29, 1.82) is 0 Å². The molecule has 0 spiro atoms. The van der Waals surface area contributed by atoms with Gasteiger partial charge in [0.15, 0.2) is 5.65 Å². The number of ether oxygens (including phenoxy) is 1. The van der Waals surface area contributed by atoms with Crippen molar-refractivity contribution in [3.8, 4) is 11.4 Å². The highest BCUT2D eigenvalue weighted by Crippen LogP contribution is 2.61. The molecular weight excluding hydrogens is 777 g/mol. The van der Waals surface area contributed by atoms with Gasteiger partial charge in [-0.25, -0.2) is 4.98 Å². The van der Waals surface area contributed by atoms with Gasteiger partial charge in [0.25, 0.3) is 5.56 Å². The van der Waals surface area contributed by atoms with Crippen molar-refractivity contribution < 1.29 is 14.3 Å². The molecule has 9 rings (SSSR count). The van der Waals surface area contributed by atoms with E-state index in [0.717, 1.165) is 92.2 Å². The molecule has 3 N–H and O–H groups in total. The van der Waals surface area contributed by atoms with Crippen LogP contribution in [-0.2, 0) is 9.59 Å². The summed E-state index contributed by atoms with van der Waals surface area (Å²) in [5.41, 5.74) is 3.79. The Morgan fingerprint density at radius 1 is 0.855 bits per heavy atom. The third-order valence-electron chi connectivity index (χ3n) is 14.1. The van der Waals surface area contributed by atoms with Gasteiger partial charge in [-0.15, -0.1) is 0 Å². The van der Waals surface area contributed by atoms with Crippen LogP contribution in [0.25, 0.3) is 16.7 Å². The van der Waals surface area contributed by atoms with Gasteiger partial charge in [0.05, 0.1) is 18.5 Å². The smallest absolute Gasteiger partial charge is 0.257 e. The van der Waals surface area contributed by atoms with E-state index in [-0.39, 0.29) is 11.5 Å². The molecule has 4 aliphatic carbocycles. The first-order valence-electron chi connectivity index (χ1n) is 23.4. The van der Waals surface area contributed by atoms with Gasteiger partial charge in [-0.3, -0.25) is 23.9 Å². The molecule has 62 heavy (non-hydrogen) atoms. The molecule has 332 valence electrons. The molecule has 1 saturated heterocycles. The molecule has 0 radical (unpaired) electrons. The number of unbranched alkanes of at least 4 members (excludes halogenated alkanes) is 5. The average molecular weight is 845 g/mol. The van der Waals surface area contributed by atoms with E-state index in [1.807, 2.05) is 52.0 Å². The molecule has 2 amide bonds. The van der Waals surface area contributed by atoms with E-state index in [2.05, 4.69) is 42.9 Å². The van der Waals surface area contributed by atoms with Crippen LogP contribution in [0.15, 0.2) is 59.5 Å². The second-order valence-corrected chi connectivity index (χ2v) is 20.1. The van der Waals surface area contributed by atoms with Crippen molar-refractivity contribution in [2.24, 2.45) is 28.6 Å². The number of rotatable bonds is 17. The maximum absolute atomic E-state index is 13.5. The van der Waals surface area contributed by atoms with Crippen molar-refractivity contribution in [2.75, 3.05) is 61.9 Å². The number of anilines is 4. The van der Waals surface area contributed by atoms with Crippen molar-refractivity contribution in [3.63, 3.8) is 0 Å². The number of amides is 2. The third-order valence-corrected chi connectivity index (χ3v) is 14.1. The zero-order valence-corrected chi connectivity index (χ0v) is 37.7. The number of carbonyl (C=O) groups excluding carboxylic acids is 2. The SMILES string of the molecule is COc1cc(N2CCN(CCCCCCCCNC(=O)CC34CC5CC(CC(C5)C3)C4)CC2)ccc1Nc1ncc2c(C)cc(=O)n(-c3cccc(NC(=O)C(C)(C)C)c3)c2n1. The summed E-state index contributed by atoms with van der Waals surface area (Å²) < 4.78 is 7.41. The molecule has 2 aromatic heterocycles. The lowest BCUT2D eigenvalue weighted by Gasteiger charge is -2.56. The van der Waals surface area contributed by atoms with Gasteiger partial charge in [-0.1, -0.05) is 52.5 Å². The van der Waals surface area contributed by atoms with Gasteiger partial charge >= 0.3 is 0 Å². The Morgan fingerprint density at radius 2 is 1.55 bits per heavy atom. The minimum atomic E-state index is -0.567. The first-order valence-corrected chi connectivity index (χ1v) is 23.4. The van der Waals surface area contributed by atoms with E-state index >= 15 is 0 Å². The molecule has 2 aromatic carbocycles. The molecule has 12 heteroatoms. The fraction of sp³-hybridized carbons (Fsp3) is 0.580. The first-order chi connectivity index (χ1) is 29.8. The number of carbonyl (C=O) groups is 2. The zero-order chi connectivity index (χ0) is 43.4. The summed E-state index contributed by atoms with van der Waals surface area (Å²) in [4.78, 5) is 53.5. The summed E-state index contributed by atoms with van der Waals surface area (Å²) in [6.07, 6.45) is 18.0. The van der Waals surface area contributed by atoms with E-state index < -0.39 is 5.41 Å². The number of nitrogens with one attached hydrogen (secondary N) is 3. The Hall–Kier alpha value is -4.97. The highest BCUT2D eigenvalue weighted by molar-refractivity contribution is 5.94. The van der Waals surface area contributed by atoms with Gasteiger partial charge < -0.3 is 25.6 Å². The maximum Gasteiger partial charge on any atom is 0.257 e. The highest BCUT2D eigenvalue weighted by Gasteiger charge is 2.51. The van der Waals surface area contributed by atoms with Crippen LogP contribution in [0, 0.1) is 35.5 Å². The average Bonchev–Trinajstić information content (AvgIpc) is 3.22. The van der Waals surface area contributed by atoms with E-state index in [1.165, 1.54) is 70.6 Å². The second-order valence-electron chi connectivity index (χ2n) is 20.1.